The zero-order chi connectivity index (χ0) is 12.0. The van der Waals surface area contributed by atoms with Crippen LogP contribution in [0.5, 0.6) is 0 Å². The molecule has 1 aromatic heterocycles. The van der Waals surface area contributed by atoms with Crippen molar-refractivity contribution in [2.45, 2.75) is 19.8 Å². The molecule has 0 amide bonds. The van der Waals surface area contributed by atoms with Crippen molar-refractivity contribution in [3.8, 4) is 11.1 Å². The highest BCUT2D eigenvalue weighted by molar-refractivity contribution is 5.81. The summed E-state index contributed by atoms with van der Waals surface area (Å²) in [4.78, 5) is 8.35. The minimum atomic E-state index is 0.261. The number of rotatable bonds is 0. The van der Waals surface area contributed by atoms with Crippen molar-refractivity contribution in [3.05, 3.63) is 35.0 Å². The lowest BCUT2D eigenvalue weighted by Gasteiger charge is -2.20. The summed E-state index contributed by atoms with van der Waals surface area (Å²) in [5, 5.41) is 0. The minimum absolute atomic E-state index is 0.261. The maximum atomic E-state index is 5.98. The van der Waals surface area contributed by atoms with E-state index in [1.165, 1.54) is 11.1 Å². The van der Waals surface area contributed by atoms with Gasteiger partial charge in [-0.05, 0) is 30.9 Å². The zero-order valence-corrected chi connectivity index (χ0v) is 9.70. The number of hydrogen-bond acceptors (Lipinski definition) is 4. The number of aryl methyl sites for hydroxylation is 3. The van der Waals surface area contributed by atoms with Crippen LogP contribution in [0.2, 0.25) is 0 Å². The fourth-order valence-corrected chi connectivity index (χ4v) is 2.41. The first-order valence-electron chi connectivity index (χ1n) is 5.67. The van der Waals surface area contributed by atoms with Gasteiger partial charge in [0.15, 0.2) is 0 Å². The first-order chi connectivity index (χ1) is 8.15. The number of nitrogens with zero attached hydrogens (tertiary/aromatic N) is 2. The lowest BCUT2D eigenvalue weighted by Crippen LogP contribution is -2.12. The van der Waals surface area contributed by atoms with Gasteiger partial charge < -0.3 is 11.5 Å². The Morgan fingerprint density at radius 3 is 2.76 bits per heavy atom. The smallest absolute Gasteiger partial charge is 0.222 e. The van der Waals surface area contributed by atoms with Crippen LogP contribution in [-0.4, -0.2) is 9.97 Å². The fourth-order valence-electron chi connectivity index (χ4n) is 2.41. The van der Waals surface area contributed by atoms with Gasteiger partial charge in [-0.2, -0.15) is 4.98 Å². The molecule has 1 aliphatic carbocycles. The maximum Gasteiger partial charge on any atom is 0.222 e. The van der Waals surface area contributed by atoms with Crippen LogP contribution in [0.4, 0.5) is 11.8 Å². The van der Waals surface area contributed by atoms with Gasteiger partial charge in [-0.3, -0.25) is 0 Å². The van der Waals surface area contributed by atoms with Crippen LogP contribution in [0.3, 0.4) is 0 Å². The lowest BCUT2D eigenvalue weighted by molar-refractivity contribution is 0.889. The normalized spacial score (nSPS) is 13.0. The number of nitrogen functional groups attached to an aromatic ring is 2. The molecule has 4 nitrogen and oxygen atoms in total. The molecule has 2 aromatic rings. The van der Waals surface area contributed by atoms with Crippen molar-refractivity contribution < 1.29 is 0 Å². The fraction of sp³-hybridized carbons (Fsp3) is 0.231. The van der Waals surface area contributed by atoms with Gasteiger partial charge in [0.25, 0.3) is 0 Å². The van der Waals surface area contributed by atoms with Crippen LogP contribution in [0.25, 0.3) is 11.1 Å². The first-order valence-corrected chi connectivity index (χ1v) is 5.67. The molecule has 0 spiro atoms. The predicted molar refractivity (Wildman–Crippen MR) is 68.4 cm³/mol. The van der Waals surface area contributed by atoms with Crippen LogP contribution in [-0.2, 0) is 12.8 Å². The highest BCUT2D eigenvalue weighted by Gasteiger charge is 2.21. The van der Waals surface area contributed by atoms with E-state index in [2.05, 4.69) is 35.1 Å². The highest BCUT2D eigenvalue weighted by atomic mass is 15.0. The van der Waals surface area contributed by atoms with Crippen molar-refractivity contribution in [2.75, 3.05) is 11.5 Å². The SMILES string of the molecule is Cc1ccc2c(c1)-c1c(N)nc(N)nc1CC2. The molecule has 0 bridgehead atoms. The van der Waals surface area contributed by atoms with Crippen LogP contribution in [0, 0.1) is 6.92 Å². The van der Waals surface area contributed by atoms with Gasteiger partial charge in [0.05, 0.1) is 5.69 Å². The Morgan fingerprint density at radius 2 is 1.94 bits per heavy atom. The van der Waals surface area contributed by atoms with E-state index in [1.807, 2.05) is 0 Å². The summed E-state index contributed by atoms with van der Waals surface area (Å²) in [5.41, 5.74) is 17.2. The van der Waals surface area contributed by atoms with Gasteiger partial charge in [-0.15, -0.1) is 0 Å². The molecular formula is C13H14N4. The van der Waals surface area contributed by atoms with Crippen LogP contribution in [0.1, 0.15) is 16.8 Å². The van der Waals surface area contributed by atoms with Gasteiger partial charge in [0.2, 0.25) is 5.95 Å². The topological polar surface area (TPSA) is 77.8 Å². The van der Waals surface area contributed by atoms with Crippen molar-refractivity contribution in [2.24, 2.45) is 0 Å². The Bertz CT molecular complexity index is 605. The van der Waals surface area contributed by atoms with Gasteiger partial charge in [0, 0.05) is 5.56 Å². The van der Waals surface area contributed by atoms with E-state index in [0.717, 1.165) is 29.7 Å². The Morgan fingerprint density at radius 1 is 1.12 bits per heavy atom. The molecule has 86 valence electrons. The third kappa shape index (κ3) is 1.53. The molecule has 17 heavy (non-hydrogen) atoms. The van der Waals surface area contributed by atoms with Gasteiger partial charge in [-0.1, -0.05) is 23.8 Å². The molecule has 0 saturated heterocycles. The minimum Gasteiger partial charge on any atom is -0.383 e. The summed E-state index contributed by atoms with van der Waals surface area (Å²) in [6.07, 6.45) is 1.86. The van der Waals surface area contributed by atoms with Crippen LogP contribution in [0.15, 0.2) is 18.2 Å². The predicted octanol–water partition coefficient (Wildman–Crippen LogP) is 1.72. The summed E-state index contributed by atoms with van der Waals surface area (Å²) in [7, 11) is 0. The van der Waals surface area contributed by atoms with Crippen molar-refractivity contribution in [1.29, 1.82) is 0 Å². The monoisotopic (exact) mass is 226 g/mol. The van der Waals surface area contributed by atoms with Crippen LogP contribution >= 0.6 is 0 Å². The Hall–Kier alpha value is -2.10. The summed E-state index contributed by atoms with van der Waals surface area (Å²) >= 11 is 0. The Balaban J connectivity index is 2.31. The van der Waals surface area contributed by atoms with E-state index in [1.54, 1.807) is 0 Å². The van der Waals surface area contributed by atoms with Crippen molar-refractivity contribution in [3.63, 3.8) is 0 Å². The molecule has 0 atom stereocenters. The van der Waals surface area contributed by atoms with E-state index in [9.17, 15) is 0 Å². The number of hydrogen-bond donors (Lipinski definition) is 2. The number of benzene rings is 1. The van der Waals surface area contributed by atoms with E-state index >= 15 is 0 Å². The standard InChI is InChI=1S/C13H14N4/c1-7-2-3-8-4-5-10-11(9(8)6-7)12(14)17-13(15)16-10/h2-3,6H,4-5H2,1H3,(H4,14,15,16,17). The molecule has 0 fully saturated rings. The third-order valence-electron chi connectivity index (χ3n) is 3.20. The number of anilines is 2. The van der Waals surface area contributed by atoms with Crippen molar-refractivity contribution in [1.82, 2.24) is 9.97 Å². The average molecular weight is 226 g/mol. The summed E-state index contributed by atoms with van der Waals surface area (Å²) in [5.74, 6) is 0.747. The second-order valence-electron chi connectivity index (χ2n) is 4.45. The quantitative estimate of drug-likeness (QED) is 0.717. The van der Waals surface area contributed by atoms with E-state index in [4.69, 9.17) is 11.5 Å². The van der Waals surface area contributed by atoms with Crippen LogP contribution < -0.4 is 11.5 Å². The number of fused-ring (bicyclic) bond motifs is 3. The summed E-state index contributed by atoms with van der Waals surface area (Å²) in [6.45, 7) is 2.07. The molecule has 3 rings (SSSR count). The average Bonchev–Trinajstić information content (AvgIpc) is 2.27. The Labute approximate surface area is 99.7 Å². The molecule has 1 heterocycles. The number of aromatic nitrogens is 2. The van der Waals surface area contributed by atoms with E-state index in [0.29, 0.717) is 5.82 Å². The largest absolute Gasteiger partial charge is 0.383 e. The number of nitrogens with two attached hydrogens (primary N) is 2. The molecule has 4 heteroatoms. The van der Waals surface area contributed by atoms with E-state index in [-0.39, 0.29) is 5.95 Å². The van der Waals surface area contributed by atoms with Crippen molar-refractivity contribution >= 4 is 11.8 Å². The second kappa shape index (κ2) is 3.45. The third-order valence-corrected chi connectivity index (χ3v) is 3.20. The molecule has 4 N–H and O–H groups in total. The van der Waals surface area contributed by atoms with Gasteiger partial charge >= 0.3 is 0 Å². The molecule has 1 aromatic carbocycles. The second-order valence-corrected chi connectivity index (χ2v) is 4.45. The first kappa shape index (κ1) is 10.1. The zero-order valence-electron chi connectivity index (χ0n) is 9.70. The maximum absolute atomic E-state index is 5.98. The molecular weight excluding hydrogens is 212 g/mol. The molecule has 0 radical (unpaired) electrons. The van der Waals surface area contributed by atoms with E-state index < -0.39 is 0 Å². The molecule has 0 saturated carbocycles. The summed E-state index contributed by atoms with van der Waals surface area (Å²) < 4.78 is 0. The van der Waals surface area contributed by atoms with Gasteiger partial charge in [-0.25, -0.2) is 4.98 Å². The summed E-state index contributed by atoms with van der Waals surface area (Å²) in [6, 6.07) is 6.42. The molecule has 1 aliphatic rings. The molecule has 0 unspecified atom stereocenters. The highest BCUT2D eigenvalue weighted by Crippen LogP contribution is 2.36. The lowest BCUT2D eigenvalue weighted by atomic mass is 9.88. The van der Waals surface area contributed by atoms with Gasteiger partial charge in [0.1, 0.15) is 5.82 Å². The molecule has 0 aliphatic heterocycles. The Kier molecular flexibility index (Phi) is 2.04.